The third-order valence-corrected chi connectivity index (χ3v) is 5.13. The first-order valence-corrected chi connectivity index (χ1v) is 9.62. The van der Waals surface area contributed by atoms with Gasteiger partial charge in [0.15, 0.2) is 6.10 Å². The van der Waals surface area contributed by atoms with Crippen molar-refractivity contribution >= 4 is 23.2 Å². The van der Waals surface area contributed by atoms with Gasteiger partial charge in [0, 0.05) is 5.69 Å². The van der Waals surface area contributed by atoms with E-state index in [1.54, 1.807) is 6.92 Å². The first-order valence-electron chi connectivity index (χ1n) is 9.24. The Hall–Kier alpha value is -2.21. The molecular weight excluding hydrogens is 391 g/mol. The van der Waals surface area contributed by atoms with Gasteiger partial charge in [0.05, 0.1) is 10.6 Å². The smallest absolute Gasteiger partial charge is 0.417 e. The molecule has 2 aromatic carbocycles. The van der Waals surface area contributed by atoms with Gasteiger partial charge in [-0.1, -0.05) is 24.6 Å². The minimum Gasteiger partial charge on any atom is -0.481 e. The number of halogens is 4. The number of carbonyl (C=O) groups is 1. The maximum atomic E-state index is 13.0. The van der Waals surface area contributed by atoms with Crippen molar-refractivity contribution < 1.29 is 22.7 Å². The number of anilines is 1. The molecule has 0 aliphatic heterocycles. The Bertz CT molecular complexity index is 867. The van der Waals surface area contributed by atoms with E-state index in [1.165, 1.54) is 23.6 Å². The third kappa shape index (κ3) is 4.79. The van der Waals surface area contributed by atoms with E-state index in [4.69, 9.17) is 16.3 Å². The van der Waals surface area contributed by atoms with Crippen LogP contribution in [0.25, 0.3) is 0 Å². The number of fused-ring (bicyclic) bond motifs is 1. The molecule has 150 valence electrons. The molecular formula is C21H21ClF3NO2. The SMILES string of the molecule is CC[C@H](Oc1ccc2c(c1)CCCC2)C(=O)Nc1ccc(Cl)c(C(F)(F)F)c1. The minimum atomic E-state index is -4.60. The number of hydrogen-bond acceptors (Lipinski definition) is 2. The molecule has 1 amide bonds. The lowest BCUT2D eigenvalue weighted by molar-refractivity contribution is -0.137. The maximum Gasteiger partial charge on any atom is 0.417 e. The fourth-order valence-electron chi connectivity index (χ4n) is 3.31. The summed E-state index contributed by atoms with van der Waals surface area (Å²) in [6.45, 7) is 1.78. The molecule has 0 unspecified atom stereocenters. The largest absolute Gasteiger partial charge is 0.481 e. The zero-order valence-corrected chi connectivity index (χ0v) is 16.2. The van der Waals surface area contributed by atoms with Crippen LogP contribution < -0.4 is 10.1 Å². The molecule has 0 saturated heterocycles. The molecule has 1 aliphatic carbocycles. The van der Waals surface area contributed by atoms with Gasteiger partial charge < -0.3 is 10.1 Å². The quantitative estimate of drug-likeness (QED) is 0.652. The van der Waals surface area contributed by atoms with E-state index < -0.39 is 28.8 Å². The first kappa shape index (κ1) is 20.5. The van der Waals surface area contributed by atoms with Crippen molar-refractivity contribution in [1.82, 2.24) is 0 Å². The van der Waals surface area contributed by atoms with Gasteiger partial charge in [0.2, 0.25) is 0 Å². The summed E-state index contributed by atoms with van der Waals surface area (Å²) in [5.74, 6) is 0.0883. The van der Waals surface area contributed by atoms with Gasteiger partial charge in [-0.25, -0.2) is 0 Å². The van der Waals surface area contributed by atoms with Crippen LogP contribution in [0.3, 0.4) is 0 Å². The molecule has 7 heteroatoms. The van der Waals surface area contributed by atoms with Crippen LogP contribution in [0.2, 0.25) is 5.02 Å². The predicted octanol–water partition coefficient (Wildman–Crippen LogP) is 6.03. The Morgan fingerprint density at radius 2 is 1.86 bits per heavy atom. The third-order valence-electron chi connectivity index (χ3n) is 4.80. The molecule has 3 rings (SSSR count). The summed E-state index contributed by atoms with van der Waals surface area (Å²) in [5.41, 5.74) is 1.56. The van der Waals surface area contributed by atoms with Gasteiger partial charge in [-0.15, -0.1) is 0 Å². The number of hydrogen-bond donors (Lipinski definition) is 1. The van der Waals surface area contributed by atoms with Crippen LogP contribution in [0.15, 0.2) is 36.4 Å². The Morgan fingerprint density at radius 1 is 1.14 bits per heavy atom. The Morgan fingerprint density at radius 3 is 2.54 bits per heavy atom. The van der Waals surface area contributed by atoms with Crippen molar-refractivity contribution in [2.24, 2.45) is 0 Å². The lowest BCUT2D eigenvalue weighted by atomic mass is 9.92. The van der Waals surface area contributed by atoms with Gasteiger partial charge in [-0.2, -0.15) is 13.2 Å². The van der Waals surface area contributed by atoms with Gasteiger partial charge in [-0.3, -0.25) is 4.79 Å². The monoisotopic (exact) mass is 411 g/mol. The van der Waals surface area contributed by atoms with Crippen LogP contribution >= 0.6 is 11.6 Å². The van der Waals surface area contributed by atoms with Gasteiger partial charge in [-0.05, 0) is 73.6 Å². The number of carbonyl (C=O) groups excluding carboxylic acids is 1. The number of alkyl halides is 3. The summed E-state index contributed by atoms with van der Waals surface area (Å²) in [6.07, 6.45) is -0.692. The van der Waals surface area contributed by atoms with Crippen LogP contribution in [0, 0.1) is 0 Å². The summed E-state index contributed by atoms with van der Waals surface area (Å²) in [4.78, 5) is 12.5. The number of benzene rings is 2. The fourth-order valence-corrected chi connectivity index (χ4v) is 3.54. The molecule has 0 spiro atoms. The van der Waals surface area contributed by atoms with Gasteiger partial charge in [0.1, 0.15) is 5.75 Å². The Kier molecular flexibility index (Phi) is 6.18. The average Bonchev–Trinajstić information content (AvgIpc) is 2.66. The minimum absolute atomic E-state index is 0.0224. The molecule has 0 saturated carbocycles. The van der Waals surface area contributed by atoms with E-state index >= 15 is 0 Å². The lowest BCUT2D eigenvalue weighted by Crippen LogP contribution is -2.32. The molecule has 1 N–H and O–H groups in total. The van der Waals surface area contributed by atoms with Crippen molar-refractivity contribution in [2.75, 3.05) is 5.32 Å². The summed E-state index contributed by atoms with van der Waals surface area (Å²) in [7, 11) is 0. The van der Waals surface area contributed by atoms with Crippen LogP contribution in [0.4, 0.5) is 18.9 Å². The molecule has 0 heterocycles. The molecule has 0 aromatic heterocycles. The normalized spacial score (nSPS) is 14.9. The summed E-state index contributed by atoms with van der Waals surface area (Å²) in [5, 5.41) is 2.08. The van der Waals surface area contributed by atoms with Gasteiger partial charge in [0.25, 0.3) is 5.91 Å². The molecule has 28 heavy (non-hydrogen) atoms. The highest BCUT2D eigenvalue weighted by molar-refractivity contribution is 6.31. The topological polar surface area (TPSA) is 38.3 Å². The number of nitrogens with one attached hydrogen (secondary N) is 1. The van der Waals surface area contributed by atoms with Crippen molar-refractivity contribution in [1.29, 1.82) is 0 Å². The van der Waals surface area contributed by atoms with E-state index in [0.717, 1.165) is 31.4 Å². The summed E-state index contributed by atoms with van der Waals surface area (Å²) >= 11 is 5.62. The maximum absolute atomic E-state index is 13.0. The molecule has 0 radical (unpaired) electrons. The van der Waals surface area contributed by atoms with Crippen molar-refractivity contribution in [2.45, 2.75) is 51.3 Å². The zero-order valence-electron chi connectivity index (χ0n) is 15.4. The highest BCUT2D eigenvalue weighted by Crippen LogP contribution is 2.36. The number of amides is 1. The zero-order chi connectivity index (χ0) is 20.3. The molecule has 1 aliphatic rings. The van der Waals surface area contributed by atoms with E-state index in [1.807, 2.05) is 18.2 Å². The van der Waals surface area contributed by atoms with Crippen LogP contribution in [-0.2, 0) is 23.8 Å². The van der Waals surface area contributed by atoms with Crippen molar-refractivity contribution in [3.05, 3.63) is 58.1 Å². The van der Waals surface area contributed by atoms with Crippen molar-refractivity contribution in [3.8, 4) is 5.75 Å². The van der Waals surface area contributed by atoms with Crippen LogP contribution in [0.1, 0.15) is 42.9 Å². The van der Waals surface area contributed by atoms with Crippen molar-refractivity contribution in [3.63, 3.8) is 0 Å². The second kappa shape index (κ2) is 8.43. The standard InChI is InChI=1S/C21H21ClF3NO2/c1-2-19(28-16-9-7-13-5-3-4-6-14(13)11-16)20(27)26-15-8-10-18(22)17(12-15)21(23,24)25/h7-12,19H,2-6H2,1H3,(H,26,27)/t19-/m0/s1. The van der Waals surface area contributed by atoms with E-state index in [0.29, 0.717) is 12.2 Å². The van der Waals surface area contributed by atoms with E-state index in [9.17, 15) is 18.0 Å². The highest BCUT2D eigenvalue weighted by Gasteiger charge is 2.33. The molecule has 0 bridgehead atoms. The second-order valence-corrected chi connectivity index (χ2v) is 7.24. The highest BCUT2D eigenvalue weighted by atomic mass is 35.5. The molecule has 1 atom stereocenters. The van der Waals surface area contributed by atoms with E-state index in [-0.39, 0.29) is 5.69 Å². The van der Waals surface area contributed by atoms with Crippen LogP contribution in [0.5, 0.6) is 5.75 Å². The van der Waals surface area contributed by atoms with Crippen LogP contribution in [-0.4, -0.2) is 12.0 Å². The summed E-state index contributed by atoms with van der Waals surface area (Å²) < 4.78 is 44.8. The number of ether oxygens (including phenoxy) is 1. The average molecular weight is 412 g/mol. The Labute approximate surface area is 166 Å². The second-order valence-electron chi connectivity index (χ2n) is 6.83. The van der Waals surface area contributed by atoms with Gasteiger partial charge >= 0.3 is 6.18 Å². The molecule has 2 aromatic rings. The molecule has 0 fully saturated rings. The first-order chi connectivity index (χ1) is 13.3. The number of aryl methyl sites for hydroxylation is 2. The predicted molar refractivity (Wildman–Crippen MR) is 103 cm³/mol. The Balaban J connectivity index is 1.72. The summed E-state index contributed by atoms with van der Waals surface area (Å²) in [6, 6.07) is 9.08. The van der Waals surface area contributed by atoms with E-state index in [2.05, 4.69) is 5.32 Å². The lowest BCUT2D eigenvalue weighted by Gasteiger charge is -2.21. The fraction of sp³-hybridized carbons (Fsp3) is 0.381. The molecule has 3 nitrogen and oxygen atoms in total. The number of rotatable bonds is 5.